The largest absolute Gasteiger partial charge is 0.481 e. The van der Waals surface area contributed by atoms with E-state index in [2.05, 4.69) is 12.2 Å². The molecule has 0 bridgehead atoms. The Morgan fingerprint density at radius 3 is 2.06 bits per heavy atom. The molecule has 0 aliphatic rings. The Hall–Kier alpha value is -4.22. The predicted octanol–water partition coefficient (Wildman–Crippen LogP) is 6.98. The van der Waals surface area contributed by atoms with Crippen molar-refractivity contribution in [3.63, 3.8) is 0 Å². The number of aliphatic carboxylic acids is 3. The molecular formula is C37H48ClNO10. The van der Waals surface area contributed by atoms with Gasteiger partial charge in [0.05, 0.1) is 12.3 Å². The van der Waals surface area contributed by atoms with E-state index in [0.717, 1.165) is 51.0 Å². The van der Waals surface area contributed by atoms with Gasteiger partial charge >= 0.3 is 17.9 Å². The highest BCUT2D eigenvalue weighted by Gasteiger charge is 2.49. The van der Waals surface area contributed by atoms with Crippen LogP contribution in [0, 0.1) is 5.92 Å². The summed E-state index contributed by atoms with van der Waals surface area (Å²) in [5.41, 5.74) is -2.53. The standard InChI is InChI=1S/C37H48ClNO10/c1-2-3-4-7-10-15-28(40)16-11-8-5-6-9-12-18-31(37(48,36(46)47)25-33(41)42)34(43)39-32(35(44)45)23-26-19-21-29(22-20-26)49-30-17-13-14-27(38)24-30/h12-14,17-22,24,31-32,48H,2-11,15-16,23,25H2,1H3,(H,39,43)(H,41,42)(H,44,45)(H,46,47)/b18-12+/t31-,32-,37-/m0/s1. The Bertz CT molecular complexity index is 1410. The first-order valence-electron chi connectivity index (χ1n) is 16.8. The number of benzene rings is 2. The number of carboxylic acid groups (broad SMARTS) is 3. The number of Topliss-reactive ketones (excluding diaryl/α,β-unsaturated/α-hetero) is 1. The summed E-state index contributed by atoms with van der Waals surface area (Å²) in [7, 11) is 0. The van der Waals surface area contributed by atoms with E-state index in [9.17, 15) is 44.4 Å². The molecule has 49 heavy (non-hydrogen) atoms. The molecule has 0 aliphatic carbocycles. The Balaban J connectivity index is 2.01. The van der Waals surface area contributed by atoms with Crippen molar-refractivity contribution in [3.8, 4) is 11.5 Å². The molecule has 1 amide bonds. The summed E-state index contributed by atoms with van der Waals surface area (Å²) >= 11 is 5.98. The SMILES string of the molecule is CCCCCCCC(=O)CCCCCC/C=C/[C@@H](C(=O)N[C@@H](Cc1ccc(Oc2cccc(Cl)c2)cc1)C(=O)O)[C@@](O)(CC(=O)O)C(=O)O. The first kappa shape index (κ1) is 41.0. The number of ether oxygens (including phenoxy) is 1. The van der Waals surface area contributed by atoms with Crippen molar-refractivity contribution in [2.45, 2.75) is 108 Å². The maximum Gasteiger partial charge on any atom is 0.337 e. The Morgan fingerprint density at radius 1 is 0.857 bits per heavy atom. The first-order valence-corrected chi connectivity index (χ1v) is 17.1. The van der Waals surface area contributed by atoms with Gasteiger partial charge in [-0.25, -0.2) is 9.59 Å². The van der Waals surface area contributed by atoms with Crippen LogP contribution in [0.15, 0.2) is 60.7 Å². The van der Waals surface area contributed by atoms with E-state index in [1.54, 1.807) is 48.5 Å². The first-order chi connectivity index (χ1) is 23.3. The van der Waals surface area contributed by atoms with Crippen LogP contribution in [0.2, 0.25) is 5.02 Å². The van der Waals surface area contributed by atoms with Crippen molar-refractivity contribution in [2.24, 2.45) is 5.92 Å². The average Bonchev–Trinajstić information content (AvgIpc) is 3.04. The number of rotatable bonds is 25. The Labute approximate surface area is 292 Å². The normalized spacial score (nSPS) is 13.7. The van der Waals surface area contributed by atoms with Crippen LogP contribution in [0.4, 0.5) is 0 Å². The van der Waals surface area contributed by atoms with E-state index in [1.165, 1.54) is 12.5 Å². The summed E-state index contributed by atoms with van der Waals surface area (Å²) in [4.78, 5) is 61.1. The summed E-state index contributed by atoms with van der Waals surface area (Å²) in [6.45, 7) is 2.15. The van der Waals surface area contributed by atoms with Crippen molar-refractivity contribution in [1.82, 2.24) is 5.32 Å². The highest BCUT2D eigenvalue weighted by molar-refractivity contribution is 6.30. The molecule has 0 aliphatic heterocycles. The average molecular weight is 702 g/mol. The molecule has 2 aromatic rings. The second kappa shape index (κ2) is 21.7. The van der Waals surface area contributed by atoms with Gasteiger partial charge in [0.2, 0.25) is 5.91 Å². The number of hydrogen-bond acceptors (Lipinski definition) is 7. The van der Waals surface area contributed by atoms with Gasteiger partial charge in [0, 0.05) is 24.3 Å². The third-order valence-corrected chi connectivity index (χ3v) is 8.30. The van der Waals surface area contributed by atoms with Gasteiger partial charge in [-0.05, 0) is 61.6 Å². The van der Waals surface area contributed by atoms with Crippen LogP contribution in [0.25, 0.3) is 0 Å². The molecular weight excluding hydrogens is 654 g/mol. The monoisotopic (exact) mass is 701 g/mol. The number of carbonyl (C=O) groups excluding carboxylic acids is 2. The van der Waals surface area contributed by atoms with E-state index < -0.39 is 47.8 Å². The van der Waals surface area contributed by atoms with Crippen molar-refractivity contribution in [2.75, 3.05) is 0 Å². The molecule has 11 nitrogen and oxygen atoms in total. The minimum atomic E-state index is -3.04. The number of amides is 1. The molecule has 0 spiro atoms. The van der Waals surface area contributed by atoms with Gasteiger partial charge < -0.3 is 30.5 Å². The number of unbranched alkanes of at least 4 members (excludes halogenated alkanes) is 8. The zero-order valence-corrected chi connectivity index (χ0v) is 28.7. The highest BCUT2D eigenvalue weighted by Crippen LogP contribution is 2.27. The van der Waals surface area contributed by atoms with Crippen LogP contribution in [0.1, 0.15) is 96.0 Å². The number of carbonyl (C=O) groups is 5. The Morgan fingerprint density at radius 2 is 1.49 bits per heavy atom. The van der Waals surface area contributed by atoms with Crippen LogP contribution in [-0.4, -0.2) is 61.7 Å². The lowest BCUT2D eigenvalue weighted by molar-refractivity contribution is -0.172. The lowest BCUT2D eigenvalue weighted by atomic mass is 9.82. The van der Waals surface area contributed by atoms with Crippen LogP contribution in [-0.2, 0) is 30.4 Å². The molecule has 0 aromatic heterocycles. The third-order valence-electron chi connectivity index (χ3n) is 8.06. The van der Waals surface area contributed by atoms with Crippen LogP contribution in [0.3, 0.4) is 0 Å². The van der Waals surface area contributed by atoms with Crippen molar-refractivity contribution < 1.29 is 49.1 Å². The molecule has 268 valence electrons. The van der Waals surface area contributed by atoms with Gasteiger partial charge in [-0.2, -0.15) is 0 Å². The molecule has 0 saturated heterocycles. The Kier molecular flexibility index (Phi) is 18.1. The fourth-order valence-corrected chi connectivity index (χ4v) is 5.47. The summed E-state index contributed by atoms with van der Waals surface area (Å²) in [6.07, 6.45) is 11.1. The van der Waals surface area contributed by atoms with E-state index >= 15 is 0 Å². The van der Waals surface area contributed by atoms with Gasteiger partial charge in [-0.15, -0.1) is 0 Å². The second-order valence-electron chi connectivity index (χ2n) is 12.2. The minimum absolute atomic E-state index is 0.194. The lowest BCUT2D eigenvalue weighted by Crippen LogP contribution is -2.55. The zero-order valence-electron chi connectivity index (χ0n) is 27.9. The molecule has 0 unspecified atom stereocenters. The smallest absolute Gasteiger partial charge is 0.337 e. The third kappa shape index (κ3) is 15.3. The summed E-state index contributed by atoms with van der Waals surface area (Å²) in [6, 6.07) is 11.6. The molecule has 0 fully saturated rings. The van der Waals surface area contributed by atoms with Crippen LogP contribution in [0.5, 0.6) is 11.5 Å². The molecule has 0 heterocycles. The lowest BCUT2D eigenvalue weighted by Gasteiger charge is -2.29. The number of hydrogen-bond donors (Lipinski definition) is 5. The number of halogens is 1. The fraction of sp³-hybridized carbons (Fsp3) is 0.486. The molecule has 2 rings (SSSR count). The van der Waals surface area contributed by atoms with Crippen LogP contribution < -0.4 is 10.1 Å². The summed E-state index contributed by atoms with van der Waals surface area (Å²) < 4.78 is 5.74. The van der Waals surface area contributed by atoms with E-state index in [1.807, 2.05) is 0 Å². The van der Waals surface area contributed by atoms with Gasteiger partial charge in [-0.1, -0.05) is 87.4 Å². The highest BCUT2D eigenvalue weighted by atomic mass is 35.5. The molecule has 12 heteroatoms. The maximum atomic E-state index is 13.4. The van der Waals surface area contributed by atoms with Crippen molar-refractivity contribution >= 4 is 41.2 Å². The van der Waals surface area contributed by atoms with Gasteiger partial charge in [0.1, 0.15) is 23.3 Å². The molecule has 0 radical (unpaired) electrons. The molecule has 2 aromatic carbocycles. The minimum Gasteiger partial charge on any atom is -0.481 e. The van der Waals surface area contributed by atoms with Gasteiger partial charge in [0.25, 0.3) is 0 Å². The van der Waals surface area contributed by atoms with Crippen molar-refractivity contribution in [1.29, 1.82) is 0 Å². The quantitative estimate of drug-likeness (QED) is 0.0534. The van der Waals surface area contributed by atoms with Crippen LogP contribution >= 0.6 is 11.6 Å². The number of nitrogens with one attached hydrogen (secondary N) is 1. The van der Waals surface area contributed by atoms with E-state index in [4.69, 9.17) is 16.3 Å². The second-order valence-corrected chi connectivity index (χ2v) is 12.6. The van der Waals surface area contributed by atoms with E-state index in [0.29, 0.717) is 47.8 Å². The van der Waals surface area contributed by atoms with Gasteiger partial charge in [-0.3, -0.25) is 14.4 Å². The summed E-state index contributed by atoms with van der Waals surface area (Å²) in [5.74, 6) is -6.83. The number of carboxylic acids is 3. The number of aliphatic hydroxyl groups is 1. The topological polar surface area (TPSA) is 188 Å². The molecule has 0 saturated carbocycles. The van der Waals surface area contributed by atoms with E-state index in [-0.39, 0.29) is 12.2 Å². The molecule has 5 N–H and O–H groups in total. The number of allylic oxidation sites excluding steroid dienone is 1. The van der Waals surface area contributed by atoms with Gasteiger partial charge in [0.15, 0.2) is 5.60 Å². The predicted molar refractivity (Wildman–Crippen MR) is 185 cm³/mol. The number of ketones is 1. The van der Waals surface area contributed by atoms with Crippen molar-refractivity contribution in [3.05, 3.63) is 71.3 Å². The summed E-state index contributed by atoms with van der Waals surface area (Å²) in [5, 5.41) is 42.7. The molecule has 3 atom stereocenters. The maximum absolute atomic E-state index is 13.4. The zero-order chi connectivity index (χ0) is 36.2. The fourth-order valence-electron chi connectivity index (χ4n) is 5.29.